The van der Waals surface area contributed by atoms with E-state index in [0.29, 0.717) is 17.0 Å². The third kappa shape index (κ3) is 5.52. The van der Waals surface area contributed by atoms with Crippen molar-refractivity contribution in [1.29, 1.82) is 0 Å². The van der Waals surface area contributed by atoms with Crippen LogP contribution < -0.4 is 10.6 Å². The van der Waals surface area contributed by atoms with Gasteiger partial charge in [-0.3, -0.25) is 9.59 Å². The summed E-state index contributed by atoms with van der Waals surface area (Å²) < 4.78 is 15.6. The molecule has 0 bridgehead atoms. The Bertz CT molecular complexity index is 1210. The van der Waals surface area contributed by atoms with Crippen LogP contribution in [0.2, 0.25) is 0 Å². The molecule has 10 heteroatoms. The van der Waals surface area contributed by atoms with Gasteiger partial charge in [-0.15, -0.1) is 11.3 Å². The number of nitrogens with one attached hydrogen (secondary N) is 2. The number of anilines is 2. The van der Waals surface area contributed by atoms with Crippen molar-refractivity contribution in [2.24, 2.45) is 5.92 Å². The van der Waals surface area contributed by atoms with Gasteiger partial charge in [0, 0.05) is 22.5 Å². The summed E-state index contributed by atoms with van der Waals surface area (Å²) in [5, 5.41) is 7.29. The largest absolute Gasteiger partial charge is 0.464 e. The molecule has 1 saturated carbocycles. The molecule has 2 heterocycles. The van der Waals surface area contributed by atoms with Crippen molar-refractivity contribution in [3.63, 3.8) is 0 Å². The number of esters is 2. The molecule has 0 radical (unpaired) electrons. The van der Waals surface area contributed by atoms with Crippen LogP contribution in [0.25, 0.3) is 11.3 Å². The first-order valence-electron chi connectivity index (χ1n) is 10.7. The van der Waals surface area contributed by atoms with Gasteiger partial charge < -0.3 is 24.5 Å². The molecule has 34 heavy (non-hydrogen) atoms. The molecule has 0 aliphatic heterocycles. The summed E-state index contributed by atoms with van der Waals surface area (Å²) in [6.07, 6.45) is 3.22. The lowest BCUT2D eigenvalue weighted by atomic mass is 10.1. The molecule has 0 saturated heterocycles. The van der Waals surface area contributed by atoms with Gasteiger partial charge in [-0.05, 0) is 50.1 Å². The molecule has 176 valence electrons. The van der Waals surface area contributed by atoms with E-state index in [1.807, 2.05) is 0 Å². The quantitative estimate of drug-likeness (QED) is 0.435. The summed E-state index contributed by atoms with van der Waals surface area (Å²) in [4.78, 5) is 49.3. The Morgan fingerprint density at radius 2 is 1.88 bits per heavy atom. The molecule has 2 amide bonds. The Kier molecular flexibility index (Phi) is 7.07. The van der Waals surface area contributed by atoms with Gasteiger partial charge in [0.05, 0.1) is 18.4 Å². The summed E-state index contributed by atoms with van der Waals surface area (Å²) in [7, 11) is 0. The van der Waals surface area contributed by atoms with Crippen molar-refractivity contribution in [3.8, 4) is 11.3 Å². The highest BCUT2D eigenvalue weighted by atomic mass is 32.1. The molecular formula is C24H22N2O7S. The summed E-state index contributed by atoms with van der Waals surface area (Å²) in [5.41, 5.74) is 1.34. The van der Waals surface area contributed by atoms with Crippen LogP contribution in [0.5, 0.6) is 0 Å². The predicted molar refractivity (Wildman–Crippen MR) is 125 cm³/mol. The van der Waals surface area contributed by atoms with E-state index in [4.69, 9.17) is 13.9 Å². The van der Waals surface area contributed by atoms with Crippen molar-refractivity contribution < 1.29 is 33.1 Å². The lowest BCUT2D eigenvalue weighted by Crippen LogP contribution is -2.22. The van der Waals surface area contributed by atoms with Crippen molar-refractivity contribution in [3.05, 3.63) is 59.2 Å². The minimum Gasteiger partial charge on any atom is -0.464 e. The molecule has 2 aromatic heterocycles. The highest BCUT2D eigenvalue weighted by molar-refractivity contribution is 7.15. The van der Waals surface area contributed by atoms with E-state index < -0.39 is 24.5 Å². The Hall–Kier alpha value is -3.92. The molecule has 9 nitrogen and oxygen atoms in total. The maximum absolute atomic E-state index is 12.5. The van der Waals surface area contributed by atoms with Crippen molar-refractivity contribution >= 4 is 45.8 Å². The molecule has 1 fully saturated rings. The highest BCUT2D eigenvalue weighted by Gasteiger charge is 2.29. The third-order valence-electron chi connectivity index (χ3n) is 4.96. The topological polar surface area (TPSA) is 124 Å². The van der Waals surface area contributed by atoms with Gasteiger partial charge in [0.15, 0.2) is 6.61 Å². The standard InChI is InChI=1S/C24H22N2O7S/c1-2-31-24(30)20-17(18-7-4-10-32-18)13-34-22(20)26-19(27)12-33-23(29)15-5-3-6-16(11-15)25-21(28)14-8-9-14/h3-7,10-11,13-14H,2,8-9,12H2,1H3,(H,25,28)(H,26,27). The number of carbonyl (C=O) groups is 4. The fraction of sp³-hybridized carbons (Fsp3) is 0.250. The van der Waals surface area contributed by atoms with E-state index in [-0.39, 0.29) is 34.6 Å². The van der Waals surface area contributed by atoms with Crippen molar-refractivity contribution in [2.75, 3.05) is 23.8 Å². The van der Waals surface area contributed by atoms with Gasteiger partial charge >= 0.3 is 11.9 Å². The van der Waals surface area contributed by atoms with E-state index in [2.05, 4.69) is 10.6 Å². The lowest BCUT2D eigenvalue weighted by molar-refractivity contribution is -0.119. The Morgan fingerprint density at radius 3 is 2.59 bits per heavy atom. The average molecular weight is 483 g/mol. The van der Waals surface area contributed by atoms with E-state index >= 15 is 0 Å². The number of furan rings is 1. The second-order valence-electron chi connectivity index (χ2n) is 7.52. The van der Waals surface area contributed by atoms with Crippen LogP contribution in [0, 0.1) is 5.92 Å². The normalized spacial score (nSPS) is 12.6. The van der Waals surface area contributed by atoms with Gasteiger partial charge in [-0.1, -0.05) is 6.07 Å². The van der Waals surface area contributed by atoms with Crippen LogP contribution in [-0.4, -0.2) is 37.0 Å². The molecule has 1 aromatic carbocycles. The molecule has 0 unspecified atom stereocenters. The van der Waals surface area contributed by atoms with E-state index in [0.717, 1.165) is 24.2 Å². The number of hydrogen-bond acceptors (Lipinski definition) is 8. The van der Waals surface area contributed by atoms with Crippen LogP contribution >= 0.6 is 11.3 Å². The SMILES string of the molecule is CCOC(=O)c1c(-c2ccco2)csc1NC(=O)COC(=O)c1cccc(NC(=O)C2CC2)c1. The number of benzene rings is 1. The van der Waals surface area contributed by atoms with E-state index in [1.165, 1.54) is 18.4 Å². The van der Waals surface area contributed by atoms with Gasteiger partial charge in [-0.2, -0.15) is 0 Å². The zero-order valence-corrected chi connectivity index (χ0v) is 19.1. The smallest absolute Gasteiger partial charge is 0.341 e. The molecule has 2 N–H and O–H groups in total. The maximum Gasteiger partial charge on any atom is 0.341 e. The van der Waals surface area contributed by atoms with E-state index in [1.54, 1.807) is 36.6 Å². The second kappa shape index (κ2) is 10.3. The van der Waals surface area contributed by atoms with Gasteiger partial charge in [0.1, 0.15) is 16.3 Å². The molecule has 4 rings (SSSR count). The monoisotopic (exact) mass is 482 g/mol. The molecule has 3 aromatic rings. The van der Waals surface area contributed by atoms with Crippen LogP contribution in [0.3, 0.4) is 0 Å². The average Bonchev–Trinajstić information content (AvgIpc) is 3.38. The summed E-state index contributed by atoms with van der Waals surface area (Å²) >= 11 is 1.13. The number of thiophene rings is 1. The number of amides is 2. The van der Waals surface area contributed by atoms with E-state index in [9.17, 15) is 19.2 Å². The molecule has 1 aliphatic carbocycles. The Morgan fingerprint density at radius 1 is 1.06 bits per heavy atom. The second-order valence-corrected chi connectivity index (χ2v) is 8.40. The highest BCUT2D eigenvalue weighted by Crippen LogP contribution is 2.36. The molecule has 1 aliphatic rings. The predicted octanol–water partition coefficient (Wildman–Crippen LogP) is 4.33. The van der Waals surface area contributed by atoms with Crippen molar-refractivity contribution in [2.45, 2.75) is 19.8 Å². The fourth-order valence-corrected chi connectivity index (χ4v) is 4.11. The van der Waals surface area contributed by atoms with Gasteiger partial charge in [0.2, 0.25) is 5.91 Å². The number of hydrogen-bond donors (Lipinski definition) is 2. The van der Waals surface area contributed by atoms with Crippen LogP contribution in [0.4, 0.5) is 10.7 Å². The van der Waals surface area contributed by atoms with Gasteiger partial charge in [0.25, 0.3) is 5.91 Å². The molecule has 0 atom stereocenters. The van der Waals surface area contributed by atoms with Crippen LogP contribution in [0.1, 0.15) is 40.5 Å². The Balaban J connectivity index is 1.39. The summed E-state index contributed by atoms with van der Waals surface area (Å²) in [6, 6.07) is 9.70. The zero-order chi connectivity index (χ0) is 24.1. The number of carbonyl (C=O) groups excluding carboxylic acids is 4. The summed E-state index contributed by atoms with van der Waals surface area (Å²) in [5.74, 6) is -1.53. The first-order valence-corrected chi connectivity index (χ1v) is 11.5. The zero-order valence-electron chi connectivity index (χ0n) is 18.3. The lowest BCUT2D eigenvalue weighted by Gasteiger charge is -2.09. The van der Waals surface area contributed by atoms with Crippen LogP contribution in [-0.2, 0) is 19.1 Å². The third-order valence-corrected chi connectivity index (χ3v) is 5.85. The minimum atomic E-state index is -0.717. The minimum absolute atomic E-state index is 0.0318. The first-order chi connectivity index (χ1) is 16.5. The number of rotatable bonds is 9. The number of ether oxygens (including phenoxy) is 2. The fourth-order valence-electron chi connectivity index (χ4n) is 3.16. The molecular weight excluding hydrogens is 460 g/mol. The first kappa shape index (κ1) is 23.2. The maximum atomic E-state index is 12.5. The summed E-state index contributed by atoms with van der Waals surface area (Å²) in [6.45, 7) is 1.28. The molecule has 0 spiro atoms. The van der Waals surface area contributed by atoms with Crippen molar-refractivity contribution in [1.82, 2.24) is 0 Å². The Labute approximate surface area is 199 Å². The van der Waals surface area contributed by atoms with Gasteiger partial charge in [-0.25, -0.2) is 9.59 Å². The van der Waals surface area contributed by atoms with Crippen LogP contribution in [0.15, 0.2) is 52.5 Å².